The van der Waals surface area contributed by atoms with E-state index in [1.165, 1.54) is 33.2 Å². The third-order valence-electron chi connectivity index (χ3n) is 11.7. The van der Waals surface area contributed by atoms with Crippen molar-refractivity contribution in [1.29, 1.82) is 0 Å². The zero-order valence-electron chi connectivity index (χ0n) is 32.9. The molecule has 0 bridgehead atoms. The lowest BCUT2D eigenvalue weighted by Gasteiger charge is -2.28. The number of ether oxygens (including phenoxy) is 1. The van der Waals surface area contributed by atoms with E-state index in [4.69, 9.17) is 4.74 Å². The van der Waals surface area contributed by atoms with E-state index in [0.717, 1.165) is 72.9 Å². The highest BCUT2D eigenvalue weighted by atomic mass is 16.5. The van der Waals surface area contributed by atoms with Gasteiger partial charge in [0.15, 0.2) is 5.75 Å². The van der Waals surface area contributed by atoms with Gasteiger partial charge in [-0.15, -0.1) is 0 Å². The maximum Gasteiger partial charge on any atom is 0.159 e. The molecule has 10 aromatic rings. The lowest BCUT2D eigenvalue weighted by atomic mass is 9.86. The summed E-state index contributed by atoms with van der Waals surface area (Å²) in [5.74, 6) is 1.64. The predicted molar refractivity (Wildman–Crippen MR) is 251 cm³/mol. The summed E-state index contributed by atoms with van der Waals surface area (Å²) < 4.78 is 7.32. The van der Waals surface area contributed by atoms with Crippen LogP contribution in [0.3, 0.4) is 0 Å². The molecule has 0 N–H and O–H groups in total. The van der Waals surface area contributed by atoms with Gasteiger partial charge in [-0.25, -0.2) is 0 Å². The van der Waals surface area contributed by atoms with Gasteiger partial charge in [0.05, 0.1) is 5.69 Å². The molecule has 0 atom stereocenters. The van der Waals surface area contributed by atoms with E-state index in [2.05, 4.69) is 241 Å². The number of para-hydroxylation sites is 2. The Morgan fingerprint density at radius 3 is 1.32 bits per heavy atom. The Balaban J connectivity index is 1.06. The normalized spacial score (nSPS) is 11.5. The Labute approximate surface area is 350 Å². The van der Waals surface area contributed by atoms with Crippen molar-refractivity contribution in [3.8, 4) is 78.3 Å². The van der Waals surface area contributed by atoms with Crippen LogP contribution >= 0.6 is 0 Å². The van der Waals surface area contributed by atoms with Crippen molar-refractivity contribution in [2.75, 3.05) is 4.90 Å². The van der Waals surface area contributed by atoms with Gasteiger partial charge < -0.3 is 9.64 Å². The van der Waals surface area contributed by atoms with E-state index >= 15 is 0 Å². The van der Waals surface area contributed by atoms with Crippen molar-refractivity contribution in [3.05, 3.63) is 237 Å². The first-order valence-electron chi connectivity index (χ1n) is 20.5. The first-order chi connectivity index (χ1) is 29.7. The third kappa shape index (κ3) is 6.41. The van der Waals surface area contributed by atoms with E-state index in [9.17, 15) is 0 Å². The molecule has 0 saturated heterocycles. The lowest BCUT2D eigenvalue weighted by Crippen LogP contribution is -2.11. The molecule has 0 fully saturated rings. The Morgan fingerprint density at radius 1 is 0.283 bits per heavy atom. The van der Waals surface area contributed by atoms with E-state index in [-0.39, 0.29) is 0 Å². The molecule has 0 aromatic heterocycles. The molecule has 0 amide bonds. The molecule has 0 aliphatic carbocycles. The SMILES string of the molecule is c1ccc(-c2ccc(-c3ccc(N(c4ccccc4)c4cccc5c4Oc4cc6ccccc6cc4-c4c(-c6ccc(-c7ccccc7)cc6)cccc4-5)cc3)cc2)cc1. The topological polar surface area (TPSA) is 12.5 Å². The minimum atomic E-state index is 0.814. The standard InChI is InChI=1S/C58H39NO/c1-4-14-40(15-5-1)42-26-28-44(29-27-42)45-34-36-50(37-35-45)59(49-20-8-3-9-21-49)55-25-13-24-53-52-23-12-22-51(46-32-30-43(31-33-46)41-16-6-2-7-17-41)57(52)54-38-47-18-10-11-19-48(47)39-56(54)60-58(53)55/h1-39H. The first-order valence-corrected chi connectivity index (χ1v) is 20.5. The lowest BCUT2D eigenvalue weighted by molar-refractivity contribution is 0.489. The Morgan fingerprint density at radius 2 is 0.717 bits per heavy atom. The van der Waals surface area contributed by atoms with E-state index < -0.39 is 0 Å². The number of hydrogen-bond acceptors (Lipinski definition) is 2. The molecule has 1 heterocycles. The van der Waals surface area contributed by atoms with Gasteiger partial charge in [0, 0.05) is 28.1 Å². The molecule has 0 unspecified atom stereocenters. The zero-order valence-corrected chi connectivity index (χ0v) is 32.9. The van der Waals surface area contributed by atoms with Gasteiger partial charge in [0.1, 0.15) is 5.75 Å². The average Bonchev–Trinajstić information content (AvgIpc) is 3.47. The van der Waals surface area contributed by atoms with Crippen LogP contribution in [-0.4, -0.2) is 0 Å². The fourth-order valence-corrected chi connectivity index (χ4v) is 8.70. The van der Waals surface area contributed by atoms with Gasteiger partial charge in [0.2, 0.25) is 0 Å². The van der Waals surface area contributed by atoms with Gasteiger partial charge >= 0.3 is 0 Å². The number of hydrogen-bond donors (Lipinski definition) is 0. The van der Waals surface area contributed by atoms with Crippen molar-refractivity contribution in [1.82, 2.24) is 0 Å². The minimum absolute atomic E-state index is 0.814. The van der Waals surface area contributed by atoms with Crippen LogP contribution in [-0.2, 0) is 0 Å². The summed E-state index contributed by atoms with van der Waals surface area (Å²) >= 11 is 0. The van der Waals surface area contributed by atoms with E-state index in [1.807, 2.05) is 0 Å². The third-order valence-corrected chi connectivity index (χ3v) is 11.7. The highest BCUT2D eigenvalue weighted by Gasteiger charge is 2.28. The highest BCUT2D eigenvalue weighted by Crippen LogP contribution is 2.55. The maximum atomic E-state index is 7.32. The molecule has 0 radical (unpaired) electrons. The number of anilines is 3. The summed E-state index contributed by atoms with van der Waals surface area (Å²) in [7, 11) is 0. The van der Waals surface area contributed by atoms with Crippen LogP contribution in [0.15, 0.2) is 237 Å². The maximum absolute atomic E-state index is 7.32. The largest absolute Gasteiger partial charge is 0.454 e. The van der Waals surface area contributed by atoms with Crippen LogP contribution in [0.2, 0.25) is 0 Å². The zero-order chi connectivity index (χ0) is 39.8. The molecule has 0 spiro atoms. The van der Waals surface area contributed by atoms with Crippen molar-refractivity contribution < 1.29 is 4.74 Å². The second kappa shape index (κ2) is 15.1. The molecule has 10 aromatic carbocycles. The molecule has 2 heteroatoms. The van der Waals surface area contributed by atoms with E-state index in [0.29, 0.717) is 0 Å². The fourth-order valence-electron chi connectivity index (χ4n) is 8.70. The molecule has 282 valence electrons. The smallest absolute Gasteiger partial charge is 0.159 e. The van der Waals surface area contributed by atoms with Gasteiger partial charge in [-0.1, -0.05) is 194 Å². The summed E-state index contributed by atoms with van der Waals surface area (Å²) in [5, 5.41) is 2.31. The molecule has 1 aliphatic rings. The first kappa shape index (κ1) is 35.2. The minimum Gasteiger partial charge on any atom is -0.454 e. The molecule has 60 heavy (non-hydrogen) atoms. The molecular formula is C58H39NO. The molecule has 2 nitrogen and oxygen atoms in total. The van der Waals surface area contributed by atoms with E-state index in [1.54, 1.807) is 0 Å². The molecule has 0 saturated carbocycles. The van der Waals surface area contributed by atoms with Crippen molar-refractivity contribution >= 4 is 27.8 Å². The summed E-state index contributed by atoms with van der Waals surface area (Å²) in [6.45, 7) is 0. The second-order valence-electron chi connectivity index (χ2n) is 15.3. The second-order valence-corrected chi connectivity index (χ2v) is 15.3. The number of fused-ring (bicyclic) bond motifs is 6. The van der Waals surface area contributed by atoms with Crippen LogP contribution in [0.5, 0.6) is 11.5 Å². The Kier molecular flexibility index (Phi) is 8.87. The van der Waals surface area contributed by atoms with Crippen molar-refractivity contribution in [2.45, 2.75) is 0 Å². The number of benzene rings is 10. The predicted octanol–water partition coefficient (Wildman–Crippen LogP) is 16.4. The highest BCUT2D eigenvalue weighted by molar-refractivity contribution is 6.04. The van der Waals surface area contributed by atoms with Gasteiger partial charge in [-0.3, -0.25) is 0 Å². The average molecular weight is 766 g/mol. The van der Waals surface area contributed by atoms with Crippen LogP contribution < -0.4 is 9.64 Å². The number of rotatable bonds is 7. The summed E-state index contributed by atoms with van der Waals surface area (Å²) in [6, 6.07) is 84.6. The van der Waals surface area contributed by atoms with Crippen molar-refractivity contribution in [2.24, 2.45) is 0 Å². The van der Waals surface area contributed by atoms with Crippen LogP contribution in [0.1, 0.15) is 0 Å². The Bertz CT molecular complexity index is 3120. The Hall–Kier alpha value is -7.94. The quantitative estimate of drug-likeness (QED) is 0.160. The molecule has 1 aliphatic heterocycles. The number of nitrogens with zero attached hydrogens (tertiary/aromatic N) is 1. The van der Waals surface area contributed by atoms with Gasteiger partial charge in [0.25, 0.3) is 0 Å². The molecular weight excluding hydrogens is 727 g/mol. The molecule has 11 rings (SSSR count). The summed E-state index contributed by atoms with van der Waals surface area (Å²) in [5.41, 5.74) is 16.9. The summed E-state index contributed by atoms with van der Waals surface area (Å²) in [6.07, 6.45) is 0. The van der Waals surface area contributed by atoms with Crippen LogP contribution in [0, 0.1) is 0 Å². The van der Waals surface area contributed by atoms with Gasteiger partial charge in [-0.2, -0.15) is 0 Å². The van der Waals surface area contributed by atoms with Gasteiger partial charge in [-0.05, 0) is 103 Å². The van der Waals surface area contributed by atoms with Crippen molar-refractivity contribution in [3.63, 3.8) is 0 Å². The summed E-state index contributed by atoms with van der Waals surface area (Å²) in [4.78, 5) is 2.32. The van der Waals surface area contributed by atoms with Crippen LogP contribution in [0.4, 0.5) is 17.1 Å². The van der Waals surface area contributed by atoms with Crippen LogP contribution in [0.25, 0.3) is 77.5 Å². The monoisotopic (exact) mass is 765 g/mol. The fraction of sp³-hybridized carbons (Fsp3) is 0.